The third-order valence-electron chi connectivity index (χ3n) is 7.71. The molecule has 0 aliphatic carbocycles. The topological polar surface area (TPSA) is 88.1 Å². The molecule has 0 aromatic heterocycles. The lowest BCUT2D eigenvalue weighted by atomic mass is 9.87. The van der Waals surface area contributed by atoms with Crippen LogP contribution in [0.4, 0.5) is 4.79 Å². The summed E-state index contributed by atoms with van der Waals surface area (Å²) in [6, 6.07) is 11.9. The summed E-state index contributed by atoms with van der Waals surface area (Å²) >= 11 is 0.918. The average molecular weight is 547 g/mol. The normalized spacial score (nSPS) is 19.9. The van der Waals surface area contributed by atoms with E-state index in [9.17, 15) is 14.7 Å². The Bertz CT molecular complexity index is 1510. The van der Waals surface area contributed by atoms with Crippen molar-refractivity contribution in [2.45, 2.75) is 46.1 Å². The molecule has 1 unspecified atom stereocenters. The molecule has 0 radical (unpaired) electrons. The van der Waals surface area contributed by atoms with Crippen LogP contribution in [0.2, 0.25) is 0 Å². The van der Waals surface area contributed by atoms with Crippen LogP contribution in [-0.4, -0.2) is 53.5 Å². The minimum absolute atomic E-state index is 0.316. The lowest BCUT2D eigenvalue weighted by molar-refractivity contribution is -0.115. The highest BCUT2D eigenvalue weighted by Crippen LogP contribution is 2.43. The number of hydrogen-bond acceptors (Lipinski definition) is 7. The van der Waals surface area contributed by atoms with Crippen molar-refractivity contribution in [3.63, 3.8) is 0 Å². The van der Waals surface area contributed by atoms with Gasteiger partial charge in [0.15, 0.2) is 0 Å². The summed E-state index contributed by atoms with van der Waals surface area (Å²) in [4.78, 5) is 25.9. The van der Waals surface area contributed by atoms with Gasteiger partial charge in [-0.15, -0.1) is 0 Å². The van der Waals surface area contributed by atoms with Gasteiger partial charge in [-0.25, -0.2) is 0 Å². The van der Waals surface area contributed by atoms with Crippen molar-refractivity contribution in [3.8, 4) is 17.2 Å². The number of benzene rings is 3. The van der Waals surface area contributed by atoms with Crippen LogP contribution in [0.25, 0.3) is 16.8 Å². The number of rotatable bonds is 7. The number of imide groups is 1. The summed E-state index contributed by atoms with van der Waals surface area (Å²) in [6.45, 7) is 10.2. The van der Waals surface area contributed by atoms with E-state index in [-0.39, 0.29) is 16.7 Å². The number of ether oxygens (including phenoxy) is 2. The predicted molar refractivity (Wildman–Crippen MR) is 156 cm³/mol. The van der Waals surface area contributed by atoms with Crippen LogP contribution >= 0.6 is 11.8 Å². The third kappa shape index (κ3) is 5.63. The second kappa shape index (κ2) is 10.6. The van der Waals surface area contributed by atoms with Gasteiger partial charge in [-0.05, 0) is 117 Å². The SMILES string of the molecule is Cc1c(C)c2c(c(C)c1O)CCC(C)(CN(C)CCOc1ccc3cc(/C=C4\SC(=O)NC4=O)ccc3c1)O2. The Kier molecular flexibility index (Phi) is 7.35. The molecular weight excluding hydrogens is 512 g/mol. The van der Waals surface area contributed by atoms with Crippen molar-refractivity contribution < 1.29 is 24.2 Å². The summed E-state index contributed by atoms with van der Waals surface area (Å²) < 4.78 is 12.6. The van der Waals surface area contributed by atoms with Gasteiger partial charge in [-0.3, -0.25) is 19.8 Å². The predicted octanol–water partition coefficient (Wildman–Crippen LogP) is 5.89. The first-order valence-electron chi connectivity index (χ1n) is 13.1. The van der Waals surface area contributed by atoms with E-state index in [0.717, 1.165) is 87.8 Å². The maximum atomic E-state index is 11.8. The molecule has 3 aromatic rings. The molecule has 1 saturated heterocycles. The molecule has 1 atom stereocenters. The maximum absolute atomic E-state index is 11.8. The Labute approximate surface area is 233 Å². The van der Waals surface area contributed by atoms with Crippen molar-refractivity contribution in [2.24, 2.45) is 0 Å². The molecule has 39 heavy (non-hydrogen) atoms. The number of thioether (sulfide) groups is 1. The number of hydrogen-bond donors (Lipinski definition) is 2. The molecule has 5 rings (SSSR count). The highest BCUT2D eigenvalue weighted by atomic mass is 32.2. The van der Waals surface area contributed by atoms with Crippen molar-refractivity contribution in [1.82, 2.24) is 10.2 Å². The largest absolute Gasteiger partial charge is 0.507 e. The summed E-state index contributed by atoms with van der Waals surface area (Å²) in [5, 5.41) is 14.4. The molecule has 2 aliphatic heterocycles. The number of fused-ring (bicyclic) bond motifs is 2. The van der Waals surface area contributed by atoms with Crippen LogP contribution in [0, 0.1) is 20.8 Å². The number of nitrogens with one attached hydrogen (secondary N) is 1. The first-order valence-corrected chi connectivity index (χ1v) is 14.0. The number of carbonyl (C=O) groups excluding carboxylic acids is 2. The van der Waals surface area contributed by atoms with Gasteiger partial charge in [-0.2, -0.15) is 0 Å². The highest BCUT2D eigenvalue weighted by Gasteiger charge is 2.35. The van der Waals surface area contributed by atoms with Gasteiger partial charge in [0, 0.05) is 18.7 Å². The van der Waals surface area contributed by atoms with Gasteiger partial charge < -0.3 is 14.6 Å². The van der Waals surface area contributed by atoms with Crippen LogP contribution in [0.5, 0.6) is 17.2 Å². The molecule has 8 heteroatoms. The fourth-order valence-corrected chi connectivity index (χ4v) is 6.05. The molecule has 2 heterocycles. The van der Waals surface area contributed by atoms with E-state index in [4.69, 9.17) is 9.47 Å². The van der Waals surface area contributed by atoms with Crippen molar-refractivity contribution >= 4 is 39.8 Å². The van der Waals surface area contributed by atoms with E-state index in [1.165, 1.54) is 0 Å². The van der Waals surface area contributed by atoms with Crippen LogP contribution in [-0.2, 0) is 11.2 Å². The van der Waals surface area contributed by atoms with Crippen molar-refractivity contribution in [1.29, 1.82) is 0 Å². The lowest BCUT2D eigenvalue weighted by Crippen LogP contribution is -2.47. The Morgan fingerprint density at radius 2 is 1.85 bits per heavy atom. The number of carbonyl (C=O) groups is 2. The minimum atomic E-state index is -0.353. The summed E-state index contributed by atoms with van der Waals surface area (Å²) in [6.07, 6.45) is 3.50. The Morgan fingerprint density at radius 1 is 1.10 bits per heavy atom. The Hall–Kier alpha value is -3.49. The van der Waals surface area contributed by atoms with Gasteiger partial charge in [0.05, 0.1) is 4.91 Å². The summed E-state index contributed by atoms with van der Waals surface area (Å²) in [5.41, 5.74) is 4.50. The number of phenols is 1. The zero-order valence-electron chi connectivity index (χ0n) is 23.0. The van der Waals surface area contributed by atoms with E-state index in [1.54, 1.807) is 6.08 Å². The van der Waals surface area contributed by atoms with Gasteiger partial charge in [-0.1, -0.05) is 18.2 Å². The van der Waals surface area contributed by atoms with Crippen LogP contribution in [0.15, 0.2) is 41.3 Å². The molecule has 2 amide bonds. The summed E-state index contributed by atoms with van der Waals surface area (Å²) in [7, 11) is 2.08. The van der Waals surface area contributed by atoms with Crippen LogP contribution < -0.4 is 14.8 Å². The van der Waals surface area contributed by atoms with Crippen molar-refractivity contribution in [2.75, 3.05) is 26.7 Å². The molecule has 0 bridgehead atoms. The van der Waals surface area contributed by atoms with E-state index in [0.29, 0.717) is 17.3 Å². The average Bonchev–Trinajstić information content (AvgIpc) is 3.21. The first-order chi connectivity index (χ1) is 18.5. The van der Waals surface area contributed by atoms with Crippen LogP contribution in [0.3, 0.4) is 0 Å². The van der Waals surface area contributed by atoms with Gasteiger partial charge in [0.1, 0.15) is 29.5 Å². The molecule has 0 saturated carbocycles. The number of likely N-dealkylation sites (N-methyl/N-ethyl adjacent to an activating group) is 1. The maximum Gasteiger partial charge on any atom is 0.290 e. The standard InChI is InChI=1S/C31H34N2O5S/c1-18-19(2)28-25(20(3)27(18)34)10-11-31(4,38-28)17-33(5)12-13-37-24-9-8-22-14-21(6-7-23(22)16-24)15-26-29(35)32-30(36)39-26/h6-9,14-16,34H,10-13,17H2,1-5H3,(H,32,35,36)/b26-15-. The van der Waals surface area contributed by atoms with Crippen LogP contribution in [0.1, 0.15) is 41.2 Å². The van der Waals surface area contributed by atoms with E-state index < -0.39 is 0 Å². The number of phenolic OH excluding ortho intramolecular Hbond substituents is 1. The monoisotopic (exact) mass is 546 g/mol. The van der Waals surface area contributed by atoms with Crippen molar-refractivity contribution in [3.05, 3.63) is 69.1 Å². The summed E-state index contributed by atoms with van der Waals surface area (Å²) in [5.74, 6) is 1.76. The minimum Gasteiger partial charge on any atom is -0.507 e. The van der Waals surface area contributed by atoms with E-state index >= 15 is 0 Å². The second-order valence-corrected chi connectivity index (χ2v) is 11.8. The zero-order valence-corrected chi connectivity index (χ0v) is 23.8. The quantitative estimate of drug-likeness (QED) is 0.357. The molecular formula is C31H34N2O5S. The molecule has 1 fully saturated rings. The highest BCUT2D eigenvalue weighted by molar-refractivity contribution is 8.18. The molecule has 2 aliphatic rings. The van der Waals surface area contributed by atoms with E-state index in [2.05, 4.69) is 24.2 Å². The molecule has 2 N–H and O–H groups in total. The van der Waals surface area contributed by atoms with E-state index in [1.807, 2.05) is 57.2 Å². The molecule has 204 valence electrons. The number of amides is 2. The number of nitrogens with zero attached hydrogens (tertiary/aromatic N) is 1. The molecule has 3 aromatic carbocycles. The lowest BCUT2D eigenvalue weighted by Gasteiger charge is -2.40. The van der Waals surface area contributed by atoms with Gasteiger partial charge in [0.25, 0.3) is 11.1 Å². The Balaban J connectivity index is 1.18. The number of aromatic hydroxyl groups is 1. The fraction of sp³-hybridized carbons (Fsp3) is 0.355. The second-order valence-electron chi connectivity index (χ2n) is 10.8. The molecule has 0 spiro atoms. The Morgan fingerprint density at radius 3 is 2.59 bits per heavy atom. The third-order valence-corrected chi connectivity index (χ3v) is 8.52. The smallest absolute Gasteiger partial charge is 0.290 e. The fourth-order valence-electron chi connectivity index (χ4n) is 5.37. The first kappa shape index (κ1) is 27.1. The van der Waals surface area contributed by atoms with Gasteiger partial charge >= 0.3 is 0 Å². The zero-order chi connectivity index (χ0) is 27.9. The van der Waals surface area contributed by atoms with Gasteiger partial charge in [0.2, 0.25) is 0 Å². The molecule has 7 nitrogen and oxygen atoms in total.